The van der Waals surface area contributed by atoms with Crippen LogP contribution in [0.1, 0.15) is 16.5 Å². The maximum absolute atomic E-state index is 12.1. The second-order valence-corrected chi connectivity index (χ2v) is 6.65. The van der Waals surface area contributed by atoms with Crippen LogP contribution in [0.2, 0.25) is 0 Å². The number of nitrogens with one attached hydrogen (secondary N) is 1. The van der Waals surface area contributed by atoms with Gasteiger partial charge in [0.15, 0.2) is 0 Å². The van der Waals surface area contributed by atoms with Gasteiger partial charge in [-0.05, 0) is 23.1 Å². The van der Waals surface area contributed by atoms with Crippen molar-refractivity contribution in [2.45, 2.75) is 6.04 Å². The van der Waals surface area contributed by atoms with Gasteiger partial charge in [-0.3, -0.25) is 9.69 Å². The molecular formula is C19H22N2O2S. The molecule has 2 heterocycles. The number of nitrogens with zero attached hydrogens (tertiary/aromatic N) is 1. The van der Waals surface area contributed by atoms with Crippen molar-refractivity contribution in [2.24, 2.45) is 0 Å². The number of hydrogen-bond donors (Lipinski definition) is 1. The third kappa shape index (κ3) is 4.77. The summed E-state index contributed by atoms with van der Waals surface area (Å²) >= 11 is 1.62. The quantitative estimate of drug-likeness (QED) is 0.821. The molecule has 0 spiro atoms. The molecular weight excluding hydrogens is 320 g/mol. The predicted octanol–water partition coefficient (Wildman–Crippen LogP) is 2.95. The SMILES string of the molecule is O=C(C=Cc1cccs1)NCC(c1ccccc1)N1CCOCC1. The van der Waals surface area contributed by atoms with Crippen molar-refractivity contribution >= 4 is 23.3 Å². The maximum Gasteiger partial charge on any atom is 0.244 e. The van der Waals surface area contributed by atoms with Gasteiger partial charge in [0.05, 0.1) is 19.3 Å². The zero-order valence-corrected chi connectivity index (χ0v) is 14.4. The molecule has 2 aromatic rings. The van der Waals surface area contributed by atoms with Crippen molar-refractivity contribution in [3.63, 3.8) is 0 Å². The molecule has 1 fully saturated rings. The van der Waals surface area contributed by atoms with Crippen molar-refractivity contribution in [1.29, 1.82) is 0 Å². The van der Waals surface area contributed by atoms with Crippen LogP contribution in [0.5, 0.6) is 0 Å². The Labute approximate surface area is 146 Å². The first-order chi connectivity index (χ1) is 11.8. The number of ether oxygens (including phenoxy) is 1. The van der Waals surface area contributed by atoms with E-state index in [1.165, 1.54) is 5.56 Å². The summed E-state index contributed by atoms with van der Waals surface area (Å²) in [5.41, 5.74) is 1.22. The molecule has 126 valence electrons. The summed E-state index contributed by atoms with van der Waals surface area (Å²) in [4.78, 5) is 15.6. The number of morpholine rings is 1. The molecule has 5 heteroatoms. The van der Waals surface area contributed by atoms with Gasteiger partial charge in [-0.15, -0.1) is 11.3 Å². The molecule has 4 nitrogen and oxygen atoms in total. The van der Waals surface area contributed by atoms with Crippen LogP contribution in [0, 0.1) is 0 Å². The lowest BCUT2D eigenvalue weighted by Gasteiger charge is -2.34. The first-order valence-corrected chi connectivity index (χ1v) is 9.07. The summed E-state index contributed by atoms with van der Waals surface area (Å²) in [7, 11) is 0. The van der Waals surface area contributed by atoms with Gasteiger partial charge >= 0.3 is 0 Å². The average Bonchev–Trinajstić information content (AvgIpc) is 3.16. The summed E-state index contributed by atoms with van der Waals surface area (Å²) in [5.74, 6) is -0.0578. The zero-order chi connectivity index (χ0) is 16.6. The highest BCUT2D eigenvalue weighted by Gasteiger charge is 2.22. The minimum absolute atomic E-state index is 0.0578. The highest BCUT2D eigenvalue weighted by molar-refractivity contribution is 7.10. The van der Waals surface area contributed by atoms with Gasteiger partial charge in [-0.2, -0.15) is 0 Å². The summed E-state index contributed by atoms with van der Waals surface area (Å²) in [6, 6.07) is 14.5. The van der Waals surface area contributed by atoms with Crippen molar-refractivity contribution in [1.82, 2.24) is 10.2 Å². The zero-order valence-electron chi connectivity index (χ0n) is 13.6. The molecule has 1 aliphatic rings. The summed E-state index contributed by atoms with van der Waals surface area (Å²) in [6.45, 7) is 3.86. The second-order valence-electron chi connectivity index (χ2n) is 5.67. The van der Waals surface area contributed by atoms with E-state index in [4.69, 9.17) is 4.74 Å². The number of rotatable bonds is 6. The summed E-state index contributed by atoms with van der Waals surface area (Å²) in [5, 5.41) is 5.04. The van der Waals surface area contributed by atoms with Gasteiger partial charge in [0.1, 0.15) is 0 Å². The van der Waals surface area contributed by atoms with E-state index in [1.54, 1.807) is 17.4 Å². The van der Waals surface area contributed by atoms with Crippen LogP contribution in [0.15, 0.2) is 53.9 Å². The largest absolute Gasteiger partial charge is 0.379 e. The van der Waals surface area contributed by atoms with Gasteiger partial charge in [0.2, 0.25) is 5.91 Å². The average molecular weight is 342 g/mol. The van der Waals surface area contributed by atoms with Gasteiger partial charge in [0, 0.05) is 30.6 Å². The summed E-state index contributed by atoms with van der Waals surface area (Å²) in [6.07, 6.45) is 3.46. The van der Waals surface area contributed by atoms with Crippen molar-refractivity contribution in [2.75, 3.05) is 32.8 Å². The Morgan fingerprint density at radius 1 is 1.21 bits per heavy atom. The van der Waals surface area contributed by atoms with Crippen molar-refractivity contribution in [3.8, 4) is 0 Å². The van der Waals surface area contributed by atoms with Gasteiger partial charge in [-0.1, -0.05) is 36.4 Å². The molecule has 0 bridgehead atoms. The number of amides is 1. The van der Waals surface area contributed by atoms with E-state index >= 15 is 0 Å². The van der Waals surface area contributed by atoms with Crippen LogP contribution in [-0.2, 0) is 9.53 Å². The normalized spacial score (nSPS) is 17.0. The molecule has 1 saturated heterocycles. The first kappa shape index (κ1) is 16.9. The Bertz CT molecular complexity index is 649. The first-order valence-electron chi connectivity index (χ1n) is 8.19. The Morgan fingerprint density at radius 3 is 2.71 bits per heavy atom. The lowest BCUT2D eigenvalue weighted by atomic mass is 10.0. The molecule has 3 rings (SSSR count). The van der Waals surface area contributed by atoms with E-state index in [0.29, 0.717) is 6.54 Å². The minimum atomic E-state index is -0.0578. The van der Waals surface area contributed by atoms with Crippen LogP contribution < -0.4 is 5.32 Å². The fourth-order valence-electron chi connectivity index (χ4n) is 2.82. The van der Waals surface area contributed by atoms with Gasteiger partial charge < -0.3 is 10.1 Å². The van der Waals surface area contributed by atoms with E-state index in [0.717, 1.165) is 31.2 Å². The predicted molar refractivity (Wildman–Crippen MR) is 97.9 cm³/mol. The third-order valence-electron chi connectivity index (χ3n) is 4.08. The van der Waals surface area contributed by atoms with Crippen LogP contribution in [0.4, 0.5) is 0 Å². The Balaban J connectivity index is 1.62. The molecule has 1 aromatic carbocycles. The molecule has 1 N–H and O–H groups in total. The topological polar surface area (TPSA) is 41.6 Å². The number of benzene rings is 1. The lowest BCUT2D eigenvalue weighted by Crippen LogP contribution is -2.43. The highest BCUT2D eigenvalue weighted by atomic mass is 32.1. The lowest BCUT2D eigenvalue weighted by molar-refractivity contribution is -0.116. The third-order valence-corrected chi connectivity index (χ3v) is 4.92. The number of carbonyl (C=O) groups excluding carboxylic acids is 1. The smallest absolute Gasteiger partial charge is 0.244 e. The maximum atomic E-state index is 12.1. The molecule has 1 unspecified atom stereocenters. The van der Waals surface area contributed by atoms with Crippen molar-refractivity contribution < 1.29 is 9.53 Å². The fraction of sp³-hybridized carbons (Fsp3) is 0.316. The van der Waals surface area contributed by atoms with E-state index in [2.05, 4.69) is 22.3 Å². The number of thiophene rings is 1. The van der Waals surface area contributed by atoms with E-state index < -0.39 is 0 Å². The van der Waals surface area contributed by atoms with Crippen LogP contribution in [0.25, 0.3) is 6.08 Å². The van der Waals surface area contributed by atoms with Crippen molar-refractivity contribution in [3.05, 3.63) is 64.4 Å². The van der Waals surface area contributed by atoms with Gasteiger partial charge in [0.25, 0.3) is 0 Å². The van der Waals surface area contributed by atoms with Crippen LogP contribution in [-0.4, -0.2) is 43.7 Å². The molecule has 0 saturated carbocycles. The monoisotopic (exact) mass is 342 g/mol. The molecule has 0 aliphatic carbocycles. The molecule has 1 atom stereocenters. The Hall–Kier alpha value is -1.95. The standard InChI is InChI=1S/C19H22N2O2S/c22-19(9-8-17-7-4-14-24-17)20-15-18(16-5-2-1-3-6-16)21-10-12-23-13-11-21/h1-9,14,18H,10-13,15H2,(H,20,22). The summed E-state index contributed by atoms with van der Waals surface area (Å²) < 4.78 is 5.45. The van der Waals surface area contributed by atoms with Crippen LogP contribution in [0.3, 0.4) is 0 Å². The highest BCUT2D eigenvalue weighted by Crippen LogP contribution is 2.21. The molecule has 1 amide bonds. The molecule has 24 heavy (non-hydrogen) atoms. The van der Waals surface area contributed by atoms with Gasteiger partial charge in [-0.25, -0.2) is 0 Å². The Kier molecular flexibility index (Phi) is 6.18. The second kappa shape index (κ2) is 8.78. The van der Waals surface area contributed by atoms with E-state index in [1.807, 2.05) is 41.8 Å². The number of hydrogen-bond acceptors (Lipinski definition) is 4. The van der Waals surface area contributed by atoms with E-state index in [-0.39, 0.29) is 11.9 Å². The van der Waals surface area contributed by atoms with E-state index in [9.17, 15) is 4.79 Å². The fourth-order valence-corrected chi connectivity index (χ4v) is 3.44. The molecule has 1 aromatic heterocycles. The number of carbonyl (C=O) groups is 1. The van der Waals surface area contributed by atoms with Crippen LogP contribution >= 0.6 is 11.3 Å². The Morgan fingerprint density at radius 2 is 2.00 bits per heavy atom. The minimum Gasteiger partial charge on any atom is -0.379 e. The molecule has 1 aliphatic heterocycles. The molecule has 0 radical (unpaired) electrons.